The average molecular weight is 364 g/mol. The fourth-order valence-corrected chi connectivity index (χ4v) is 3.69. The number of carbonyl (C=O) groups is 1. The molecule has 1 unspecified atom stereocenters. The fourth-order valence-electron chi connectivity index (χ4n) is 3.69. The molecule has 3 rings (SSSR count). The van der Waals surface area contributed by atoms with Crippen LogP contribution >= 0.6 is 0 Å². The van der Waals surface area contributed by atoms with Gasteiger partial charge in [-0.25, -0.2) is 5.01 Å². The highest BCUT2D eigenvalue weighted by Crippen LogP contribution is 2.31. The Labute approximate surface area is 161 Å². The van der Waals surface area contributed by atoms with Crippen molar-refractivity contribution < 1.29 is 9.90 Å². The largest absolute Gasteiger partial charge is 0.394 e. The lowest BCUT2D eigenvalue weighted by Gasteiger charge is -2.30. The highest BCUT2D eigenvalue weighted by Gasteiger charge is 2.41. The third-order valence-corrected chi connectivity index (χ3v) is 5.11. The molecule has 4 heteroatoms. The van der Waals surface area contributed by atoms with Gasteiger partial charge in [-0.1, -0.05) is 59.7 Å². The zero-order valence-electron chi connectivity index (χ0n) is 16.4. The standard InChI is InChI=1S/C23H28N2O2/c1-17-12-18(2)14-20(13-17)21-15-23(3,16-26)25(24-21)22(27)11-7-10-19-8-5-4-6-9-19/h4-6,8-9,12-14,26H,7,10-11,15-16H2,1-3H3. The van der Waals surface area contributed by atoms with E-state index < -0.39 is 5.54 Å². The van der Waals surface area contributed by atoms with E-state index in [0.717, 1.165) is 24.1 Å². The summed E-state index contributed by atoms with van der Waals surface area (Å²) < 4.78 is 0. The molecule has 1 amide bonds. The van der Waals surface area contributed by atoms with E-state index in [9.17, 15) is 9.90 Å². The zero-order chi connectivity index (χ0) is 19.4. The summed E-state index contributed by atoms with van der Waals surface area (Å²) in [5.74, 6) is -0.0261. The quantitative estimate of drug-likeness (QED) is 0.842. The SMILES string of the molecule is Cc1cc(C)cc(C2=NN(C(=O)CCCc3ccccc3)C(C)(CO)C2)c1. The molecule has 1 heterocycles. The van der Waals surface area contributed by atoms with E-state index in [1.165, 1.54) is 21.7 Å². The lowest BCUT2D eigenvalue weighted by molar-refractivity contribution is -0.137. The molecule has 0 saturated carbocycles. The van der Waals surface area contributed by atoms with Crippen molar-refractivity contribution in [2.75, 3.05) is 6.61 Å². The number of aliphatic hydroxyl groups excluding tert-OH is 1. The number of benzene rings is 2. The van der Waals surface area contributed by atoms with E-state index in [2.05, 4.69) is 49.3 Å². The maximum Gasteiger partial charge on any atom is 0.243 e. The van der Waals surface area contributed by atoms with E-state index in [1.54, 1.807) is 0 Å². The number of carbonyl (C=O) groups excluding carboxylic acids is 1. The summed E-state index contributed by atoms with van der Waals surface area (Å²) in [6, 6.07) is 16.5. The second kappa shape index (κ2) is 8.05. The first-order valence-electron chi connectivity index (χ1n) is 9.55. The molecule has 0 bridgehead atoms. The third-order valence-electron chi connectivity index (χ3n) is 5.11. The van der Waals surface area contributed by atoms with Gasteiger partial charge in [-0.2, -0.15) is 5.10 Å². The summed E-state index contributed by atoms with van der Waals surface area (Å²) in [7, 11) is 0. The maximum atomic E-state index is 12.8. The Morgan fingerprint density at radius 3 is 2.44 bits per heavy atom. The van der Waals surface area contributed by atoms with Gasteiger partial charge in [0.25, 0.3) is 0 Å². The molecule has 1 atom stereocenters. The Hall–Kier alpha value is -2.46. The molecule has 1 aliphatic rings. The van der Waals surface area contributed by atoms with Gasteiger partial charge in [0.05, 0.1) is 17.9 Å². The molecule has 0 radical (unpaired) electrons. The molecule has 4 nitrogen and oxygen atoms in total. The summed E-state index contributed by atoms with van der Waals surface area (Å²) in [6.07, 6.45) is 2.63. The molecule has 1 aliphatic heterocycles. The van der Waals surface area contributed by atoms with Crippen molar-refractivity contribution in [1.82, 2.24) is 5.01 Å². The maximum absolute atomic E-state index is 12.8. The van der Waals surface area contributed by atoms with Crippen LogP contribution in [0, 0.1) is 13.8 Å². The minimum Gasteiger partial charge on any atom is -0.394 e. The van der Waals surface area contributed by atoms with E-state index in [1.807, 2.05) is 25.1 Å². The number of nitrogens with zero attached hydrogens (tertiary/aromatic N) is 2. The minimum atomic E-state index is -0.670. The van der Waals surface area contributed by atoms with Crippen molar-refractivity contribution in [3.05, 3.63) is 70.8 Å². The van der Waals surface area contributed by atoms with Gasteiger partial charge in [-0.3, -0.25) is 4.79 Å². The predicted molar refractivity (Wildman–Crippen MR) is 109 cm³/mol. The second-order valence-corrected chi connectivity index (χ2v) is 7.80. The van der Waals surface area contributed by atoms with Crippen molar-refractivity contribution in [1.29, 1.82) is 0 Å². The lowest BCUT2D eigenvalue weighted by atomic mass is 9.92. The number of hydrogen-bond acceptors (Lipinski definition) is 3. The van der Waals surface area contributed by atoms with E-state index >= 15 is 0 Å². The molecule has 1 N–H and O–H groups in total. The summed E-state index contributed by atoms with van der Waals surface area (Å²) in [5, 5.41) is 16.1. The molecule has 0 saturated heterocycles. The van der Waals surface area contributed by atoms with Crippen LogP contribution in [-0.4, -0.2) is 33.9 Å². The second-order valence-electron chi connectivity index (χ2n) is 7.80. The number of amides is 1. The first-order valence-corrected chi connectivity index (χ1v) is 9.55. The predicted octanol–water partition coefficient (Wildman–Crippen LogP) is 4.01. The summed E-state index contributed by atoms with van der Waals surface area (Å²) >= 11 is 0. The number of aryl methyl sites for hydroxylation is 3. The van der Waals surface area contributed by atoms with E-state index in [4.69, 9.17) is 0 Å². The number of aliphatic hydroxyl groups is 1. The van der Waals surface area contributed by atoms with Crippen LogP contribution in [0.1, 0.15) is 48.4 Å². The molecular weight excluding hydrogens is 336 g/mol. The van der Waals surface area contributed by atoms with Crippen LogP contribution in [0.25, 0.3) is 0 Å². The first-order chi connectivity index (χ1) is 12.9. The Kier molecular flexibility index (Phi) is 5.76. The van der Waals surface area contributed by atoms with Crippen molar-refractivity contribution in [3.63, 3.8) is 0 Å². The van der Waals surface area contributed by atoms with Crippen LogP contribution in [0.5, 0.6) is 0 Å². The Morgan fingerprint density at radius 1 is 1.15 bits per heavy atom. The van der Waals surface area contributed by atoms with Crippen molar-refractivity contribution in [3.8, 4) is 0 Å². The van der Waals surface area contributed by atoms with Crippen molar-refractivity contribution >= 4 is 11.6 Å². The molecule has 0 spiro atoms. The van der Waals surface area contributed by atoms with E-state index in [-0.39, 0.29) is 12.5 Å². The first kappa shape index (κ1) is 19.3. The number of hydrazone groups is 1. The van der Waals surface area contributed by atoms with Crippen LogP contribution in [0.2, 0.25) is 0 Å². The molecule has 0 aromatic heterocycles. The zero-order valence-corrected chi connectivity index (χ0v) is 16.4. The van der Waals surface area contributed by atoms with Gasteiger partial charge >= 0.3 is 0 Å². The smallest absolute Gasteiger partial charge is 0.243 e. The van der Waals surface area contributed by atoms with Gasteiger partial charge in [0.15, 0.2) is 0 Å². The van der Waals surface area contributed by atoms with Crippen LogP contribution in [0.4, 0.5) is 0 Å². The highest BCUT2D eigenvalue weighted by atomic mass is 16.3. The van der Waals surface area contributed by atoms with Crippen molar-refractivity contribution in [2.45, 2.75) is 52.0 Å². The third kappa shape index (κ3) is 4.45. The van der Waals surface area contributed by atoms with Gasteiger partial charge in [0.1, 0.15) is 0 Å². The Morgan fingerprint density at radius 2 is 1.81 bits per heavy atom. The van der Waals surface area contributed by atoms with Gasteiger partial charge in [-0.15, -0.1) is 0 Å². The van der Waals surface area contributed by atoms with Gasteiger partial charge in [-0.05, 0) is 44.7 Å². The molecule has 0 fully saturated rings. The number of rotatable bonds is 6. The average Bonchev–Trinajstić information content (AvgIpc) is 3.00. The van der Waals surface area contributed by atoms with Gasteiger partial charge in [0, 0.05) is 12.8 Å². The molecule has 2 aromatic carbocycles. The molecule has 2 aromatic rings. The monoisotopic (exact) mass is 364 g/mol. The highest BCUT2D eigenvalue weighted by molar-refractivity contribution is 6.03. The Bertz CT molecular complexity index is 824. The number of hydrogen-bond donors (Lipinski definition) is 1. The molecule has 27 heavy (non-hydrogen) atoms. The molecule has 0 aliphatic carbocycles. The topological polar surface area (TPSA) is 52.9 Å². The van der Waals surface area contributed by atoms with Crippen LogP contribution in [0.15, 0.2) is 53.6 Å². The Balaban J connectivity index is 1.73. The molecular formula is C23H28N2O2. The van der Waals surface area contributed by atoms with Gasteiger partial charge in [0.2, 0.25) is 5.91 Å². The summed E-state index contributed by atoms with van der Waals surface area (Å²) in [6.45, 7) is 5.92. The van der Waals surface area contributed by atoms with Gasteiger partial charge < -0.3 is 5.11 Å². The van der Waals surface area contributed by atoms with Crippen LogP contribution < -0.4 is 0 Å². The summed E-state index contributed by atoms with van der Waals surface area (Å²) in [5.41, 5.74) is 4.81. The van der Waals surface area contributed by atoms with Crippen LogP contribution in [0.3, 0.4) is 0 Å². The fraction of sp³-hybridized carbons (Fsp3) is 0.391. The summed E-state index contributed by atoms with van der Waals surface area (Å²) in [4.78, 5) is 12.8. The minimum absolute atomic E-state index is 0.0261. The lowest BCUT2D eigenvalue weighted by Crippen LogP contribution is -2.46. The van der Waals surface area contributed by atoms with Crippen molar-refractivity contribution in [2.24, 2.45) is 5.10 Å². The van der Waals surface area contributed by atoms with Crippen LogP contribution in [-0.2, 0) is 11.2 Å². The normalized spacial score (nSPS) is 19.3. The molecule has 142 valence electrons. The van der Waals surface area contributed by atoms with E-state index in [0.29, 0.717) is 12.8 Å².